The van der Waals surface area contributed by atoms with Crippen molar-refractivity contribution in [3.05, 3.63) is 35.9 Å². The maximum atomic E-state index is 12.4. The average molecular weight is 320 g/mol. The van der Waals surface area contributed by atoms with E-state index < -0.39 is 17.7 Å². The van der Waals surface area contributed by atoms with Crippen LogP contribution in [0.15, 0.2) is 30.3 Å². The van der Waals surface area contributed by atoms with E-state index in [0.29, 0.717) is 6.54 Å². The van der Waals surface area contributed by atoms with Crippen molar-refractivity contribution in [2.24, 2.45) is 5.92 Å². The van der Waals surface area contributed by atoms with Crippen LogP contribution in [-0.4, -0.2) is 23.6 Å². The van der Waals surface area contributed by atoms with Gasteiger partial charge in [-0.25, -0.2) is 4.79 Å². The molecule has 0 radical (unpaired) electrons. The summed E-state index contributed by atoms with van der Waals surface area (Å²) in [5, 5.41) is 5.56. The Labute approximate surface area is 138 Å². The van der Waals surface area contributed by atoms with E-state index in [-0.39, 0.29) is 11.8 Å². The van der Waals surface area contributed by atoms with E-state index in [2.05, 4.69) is 10.6 Å². The molecule has 0 bridgehead atoms. The van der Waals surface area contributed by atoms with Crippen LogP contribution in [0.1, 0.15) is 46.6 Å². The highest BCUT2D eigenvalue weighted by molar-refractivity contribution is 5.85. The summed E-state index contributed by atoms with van der Waals surface area (Å²) in [7, 11) is 0. The van der Waals surface area contributed by atoms with Crippen molar-refractivity contribution in [2.45, 2.75) is 59.2 Å². The molecule has 0 fully saturated rings. The molecular formula is C18H28N2O3. The van der Waals surface area contributed by atoms with Gasteiger partial charge in [0.1, 0.15) is 11.6 Å². The molecule has 23 heavy (non-hydrogen) atoms. The molecule has 1 aromatic carbocycles. The number of carbonyl (C=O) groups is 2. The van der Waals surface area contributed by atoms with Crippen molar-refractivity contribution in [2.75, 3.05) is 0 Å². The first kappa shape index (κ1) is 19.0. The minimum atomic E-state index is -0.612. The molecule has 2 atom stereocenters. The summed E-state index contributed by atoms with van der Waals surface area (Å²) in [6.45, 7) is 9.73. The molecule has 2 amide bonds. The highest BCUT2D eigenvalue weighted by Gasteiger charge is 2.27. The highest BCUT2D eigenvalue weighted by Crippen LogP contribution is 2.11. The summed E-state index contributed by atoms with van der Waals surface area (Å²) in [6.07, 6.45) is 0.205. The van der Waals surface area contributed by atoms with Crippen LogP contribution in [0.2, 0.25) is 0 Å². The molecule has 5 heteroatoms. The molecule has 2 N–H and O–H groups in total. The van der Waals surface area contributed by atoms with Crippen LogP contribution in [0.25, 0.3) is 0 Å². The van der Waals surface area contributed by atoms with Gasteiger partial charge in [0.05, 0.1) is 0 Å². The smallest absolute Gasteiger partial charge is 0.408 e. The maximum absolute atomic E-state index is 12.4. The third-order valence-corrected chi connectivity index (χ3v) is 3.48. The summed E-state index contributed by atoms with van der Waals surface area (Å²) < 4.78 is 5.25. The van der Waals surface area contributed by atoms with Crippen molar-refractivity contribution in [1.29, 1.82) is 0 Å². The zero-order valence-electron chi connectivity index (χ0n) is 14.7. The summed E-state index contributed by atoms with van der Waals surface area (Å²) in [5.41, 5.74) is 0.422. The normalized spacial score (nSPS) is 13.8. The lowest BCUT2D eigenvalue weighted by atomic mass is 9.98. The van der Waals surface area contributed by atoms with Gasteiger partial charge >= 0.3 is 6.09 Å². The van der Waals surface area contributed by atoms with E-state index in [1.54, 1.807) is 20.8 Å². The Balaban J connectivity index is 2.65. The fourth-order valence-corrected chi connectivity index (χ4v) is 2.03. The van der Waals surface area contributed by atoms with Gasteiger partial charge in [-0.05, 0) is 32.3 Å². The number of benzene rings is 1. The number of alkyl carbamates (subject to hydrolysis) is 1. The largest absolute Gasteiger partial charge is 0.444 e. The van der Waals surface area contributed by atoms with Gasteiger partial charge in [0.2, 0.25) is 5.91 Å². The van der Waals surface area contributed by atoms with Gasteiger partial charge in [0.15, 0.2) is 0 Å². The van der Waals surface area contributed by atoms with E-state index in [0.717, 1.165) is 12.0 Å². The molecule has 128 valence electrons. The second-order valence-corrected chi connectivity index (χ2v) is 6.71. The Morgan fingerprint density at radius 1 is 1.17 bits per heavy atom. The van der Waals surface area contributed by atoms with Gasteiger partial charge < -0.3 is 15.4 Å². The van der Waals surface area contributed by atoms with Crippen LogP contribution in [-0.2, 0) is 16.1 Å². The summed E-state index contributed by atoms with van der Waals surface area (Å²) in [6, 6.07) is 9.05. The molecule has 0 saturated heterocycles. The quantitative estimate of drug-likeness (QED) is 0.845. The van der Waals surface area contributed by atoms with Crippen molar-refractivity contribution in [3.63, 3.8) is 0 Å². The van der Waals surface area contributed by atoms with Gasteiger partial charge in [-0.2, -0.15) is 0 Å². The number of rotatable bonds is 6. The Kier molecular flexibility index (Phi) is 7.07. The Morgan fingerprint density at radius 3 is 2.30 bits per heavy atom. The van der Waals surface area contributed by atoms with Gasteiger partial charge in [-0.15, -0.1) is 0 Å². The van der Waals surface area contributed by atoms with Crippen LogP contribution in [0.5, 0.6) is 0 Å². The lowest BCUT2D eigenvalue weighted by Crippen LogP contribution is -2.51. The zero-order chi connectivity index (χ0) is 17.5. The molecular weight excluding hydrogens is 292 g/mol. The lowest BCUT2D eigenvalue weighted by molar-refractivity contribution is -0.124. The van der Waals surface area contributed by atoms with Gasteiger partial charge in [0, 0.05) is 6.54 Å². The predicted molar refractivity (Wildman–Crippen MR) is 90.9 cm³/mol. The summed E-state index contributed by atoms with van der Waals surface area (Å²) >= 11 is 0. The van der Waals surface area contributed by atoms with Crippen LogP contribution in [0.4, 0.5) is 4.79 Å². The molecule has 0 saturated carbocycles. The number of amides is 2. The molecule has 0 heterocycles. The van der Waals surface area contributed by atoms with Crippen molar-refractivity contribution >= 4 is 12.0 Å². The van der Waals surface area contributed by atoms with Gasteiger partial charge in [0.25, 0.3) is 0 Å². The second-order valence-electron chi connectivity index (χ2n) is 6.71. The van der Waals surface area contributed by atoms with E-state index in [1.165, 1.54) is 0 Å². The molecule has 0 unspecified atom stereocenters. The van der Waals surface area contributed by atoms with E-state index in [4.69, 9.17) is 4.74 Å². The van der Waals surface area contributed by atoms with E-state index >= 15 is 0 Å². The first-order valence-electron chi connectivity index (χ1n) is 8.04. The SMILES string of the molecule is CC[C@@H](C)[C@@H](NC(=O)OC(C)(C)C)C(=O)NCc1ccccc1. The minimum absolute atomic E-state index is 0.0123. The minimum Gasteiger partial charge on any atom is -0.444 e. The first-order valence-corrected chi connectivity index (χ1v) is 8.04. The predicted octanol–water partition coefficient (Wildman–Crippen LogP) is 3.24. The van der Waals surface area contributed by atoms with Crippen LogP contribution in [0, 0.1) is 5.92 Å². The Hall–Kier alpha value is -2.04. The fraction of sp³-hybridized carbons (Fsp3) is 0.556. The average Bonchev–Trinajstić information content (AvgIpc) is 2.49. The molecule has 0 aliphatic rings. The number of hydrogen-bond acceptors (Lipinski definition) is 3. The number of carbonyl (C=O) groups excluding carboxylic acids is 2. The Morgan fingerprint density at radius 2 is 1.78 bits per heavy atom. The fourth-order valence-electron chi connectivity index (χ4n) is 2.03. The number of ether oxygens (including phenoxy) is 1. The topological polar surface area (TPSA) is 67.4 Å². The van der Waals surface area contributed by atoms with Gasteiger partial charge in [-0.3, -0.25) is 4.79 Å². The molecule has 1 aromatic rings. The highest BCUT2D eigenvalue weighted by atomic mass is 16.6. The number of hydrogen-bond donors (Lipinski definition) is 2. The van der Waals surface area contributed by atoms with Gasteiger partial charge in [-0.1, -0.05) is 50.6 Å². The molecule has 5 nitrogen and oxygen atoms in total. The van der Waals surface area contributed by atoms with Crippen LogP contribution in [0.3, 0.4) is 0 Å². The third kappa shape index (κ3) is 7.17. The van der Waals surface area contributed by atoms with E-state index in [1.807, 2.05) is 44.2 Å². The Bertz CT molecular complexity index is 509. The first-order chi connectivity index (χ1) is 10.7. The second kappa shape index (κ2) is 8.56. The van der Waals surface area contributed by atoms with Crippen LogP contribution < -0.4 is 10.6 Å². The summed E-state index contributed by atoms with van der Waals surface area (Å²) in [4.78, 5) is 24.4. The third-order valence-electron chi connectivity index (χ3n) is 3.48. The number of nitrogens with one attached hydrogen (secondary N) is 2. The monoisotopic (exact) mass is 320 g/mol. The standard InChI is InChI=1S/C18H28N2O3/c1-6-13(2)15(20-17(22)23-18(3,4)5)16(21)19-12-14-10-8-7-9-11-14/h7-11,13,15H,6,12H2,1-5H3,(H,19,21)(H,20,22)/t13-,15-/m1/s1. The summed E-state index contributed by atoms with van der Waals surface area (Å²) in [5.74, 6) is -0.188. The van der Waals surface area contributed by atoms with Crippen molar-refractivity contribution in [1.82, 2.24) is 10.6 Å². The van der Waals surface area contributed by atoms with E-state index in [9.17, 15) is 9.59 Å². The lowest BCUT2D eigenvalue weighted by Gasteiger charge is -2.26. The van der Waals surface area contributed by atoms with Crippen LogP contribution >= 0.6 is 0 Å². The molecule has 0 aliphatic heterocycles. The molecule has 0 aromatic heterocycles. The van der Waals surface area contributed by atoms with Crippen molar-refractivity contribution in [3.8, 4) is 0 Å². The molecule has 0 spiro atoms. The van der Waals surface area contributed by atoms with Crippen molar-refractivity contribution < 1.29 is 14.3 Å². The molecule has 0 aliphatic carbocycles. The molecule has 1 rings (SSSR count). The zero-order valence-corrected chi connectivity index (χ0v) is 14.7. The maximum Gasteiger partial charge on any atom is 0.408 e.